The first kappa shape index (κ1) is 19.8. The largest absolute Gasteiger partial charge is 0.478 e. The second kappa shape index (κ2) is 7.97. The van der Waals surface area contributed by atoms with Gasteiger partial charge in [0.2, 0.25) is 5.91 Å². The minimum atomic E-state index is -1.25. The number of amides is 4. The van der Waals surface area contributed by atoms with Crippen LogP contribution in [-0.4, -0.2) is 28.9 Å². The SMILES string of the molecule is C/C=C(/Nc1ccc(C(=O)O)cc1)[C@@H]1C(=O)NC(=O)N(c2ccc(C)cc2)C1=O. The van der Waals surface area contributed by atoms with Crippen LogP contribution in [0.5, 0.6) is 0 Å². The summed E-state index contributed by atoms with van der Waals surface area (Å²) in [5.41, 5.74) is 2.21. The molecule has 148 valence electrons. The van der Waals surface area contributed by atoms with Crippen LogP contribution in [-0.2, 0) is 9.59 Å². The van der Waals surface area contributed by atoms with E-state index < -0.39 is 29.7 Å². The Bertz CT molecular complexity index is 1010. The third kappa shape index (κ3) is 4.01. The summed E-state index contributed by atoms with van der Waals surface area (Å²) in [5, 5.41) is 14.2. The van der Waals surface area contributed by atoms with E-state index in [9.17, 15) is 19.2 Å². The molecule has 1 aliphatic rings. The van der Waals surface area contributed by atoms with Crippen LogP contribution in [0.2, 0.25) is 0 Å². The van der Waals surface area contributed by atoms with Gasteiger partial charge in [-0.25, -0.2) is 14.5 Å². The number of benzene rings is 2. The van der Waals surface area contributed by atoms with E-state index in [4.69, 9.17) is 5.11 Å². The molecule has 4 amide bonds. The van der Waals surface area contributed by atoms with Crippen molar-refractivity contribution in [2.24, 2.45) is 5.92 Å². The highest BCUT2D eigenvalue weighted by Crippen LogP contribution is 2.26. The van der Waals surface area contributed by atoms with Gasteiger partial charge in [0.1, 0.15) is 0 Å². The number of carboxylic acids is 1. The van der Waals surface area contributed by atoms with Gasteiger partial charge in [-0.1, -0.05) is 23.8 Å². The Balaban J connectivity index is 1.88. The van der Waals surface area contributed by atoms with E-state index in [1.54, 1.807) is 37.3 Å². The molecule has 3 rings (SSSR count). The Labute approximate surface area is 166 Å². The molecule has 29 heavy (non-hydrogen) atoms. The minimum absolute atomic E-state index is 0.111. The van der Waals surface area contributed by atoms with E-state index in [2.05, 4.69) is 10.6 Å². The Morgan fingerprint density at radius 3 is 2.24 bits per heavy atom. The third-order valence-electron chi connectivity index (χ3n) is 4.50. The van der Waals surface area contributed by atoms with Gasteiger partial charge in [0.25, 0.3) is 5.91 Å². The van der Waals surface area contributed by atoms with E-state index >= 15 is 0 Å². The number of carbonyl (C=O) groups excluding carboxylic acids is 3. The Morgan fingerprint density at radius 1 is 1.07 bits per heavy atom. The highest BCUT2D eigenvalue weighted by molar-refractivity contribution is 6.29. The molecule has 2 aromatic rings. The number of imide groups is 2. The van der Waals surface area contributed by atoms with Gasteiger partial charge < -0.3 is 10.4 Å². The van der Waals surface area contributed by atoms with Crippen molar-refractivity contribution in [3.63, 3.8) is 0 Å². The van der Waals surface area contributed by atoms with Crippen LogP contribution in [0.4, 0.5) is 16.2 Å². The summed E-state index contributed by atoms with van der Waals surface area (Å²) in [4.78, 5) is 49.7. The molecule has 1 fully saturated rings. The van der Waals surface area contributed by atoms with Crippen LogP contribution < -0.4 is 15.5 Å². The second-order valence-electron chi connectivity index (χ2n) is 6.49. The lowest BCUT2D eigenvalue weighted by Gasteiger charge is -2.31. The Hall–Kier alpha value is -3.94. The van der Waals surface area contributed by atoms with Gasteiger partial charge in [-0.2, -0.15) is 0 Å². The number of barbiturate groups is 1. The van der Waals surface area contributed by atoms with Crippen LogP contribution in [0, 0.1) is 12.8 Å². The van der Waals surface area contributed by atoms with Gasteiger partial charge in [-0.3, -0.25) is 14.9 Å². The molecule has 8 nitrogen and oxygen atoms in total. The highest BCUT2D eigenvalue weighted by Gasteiger charge is 2.43. The van der Waals surface area contributed by atoms with Crippen molar-refractivity contribution in [1.82, 2.24) is 5.32 Å². The summed E-state index contributed by atoms with van der Waals surface area (Å²) >= 11 is 0. The van der Waals surface area contributed by atoms with Crippen molar-refractivity contribution < 1.29 is 24.3 Å². The van der Waals surface area contributed by atoms with Crippen LogP contribution in [0.25, 0.3) is 0 Å². The number of urea groups is 1. The average molecular weight is 393 g/mol. The molecule has 0 saturated carbocycles. The molecule has 0 bridgehead atoms. The standard InChI is InChI=1S/C21H19N3O5/c1-3-16(22-14-8-6-13(7-9-14)20(27)28)17-18(25)23-21(29)24(19(17)26)15-10-4-12(2)5-11-15/h3-11,17,22H,1-2H3,(H,27,28)(H,23,25,29)/b16-3+/t17-/m1/s1. The van der Waals surface area contributed by atoms with E-state index in [0.717, 1.165) is 10.5 Å². The minimum Gasteiger partial charge on any atom is -0.478 e. The van der Waals surface area contributed by atoms with Crippen LogP contribution >= 0.6 is 0 Å². The fourth-order valence-corrected chi connectivity index (χ4v) is 2.96. The molecule has 1 atom stereocenters. The van der Waals surface area contributed by atoms with Gasteiger partial charge in [-0.15, -0.1) is 0 Å². The number of rotatable bonds is 5. The van der Waals surface area contributed by atoms with E-state index in [0.29, 0.717) is 11.4 Å². The molecule has 0 aliphatic carbocycles. The topological polar surface area (TPSA) is 116 Å². The number of nitrogens with zero attached hydrogens (tertiary/aromatic N) is 1. The van der Waals surface area contributed by atoms with Crippen LogP contribution in [0.3, 0.4) is 0 Å². The number of aromatic carboxylic acids is 1. The fraction of sp³-hybridized carbons (Fsp3) is 0.143. The van der Waals surface area contributed by atoms with Gasteiger partial charge in [0.05, 0.1) is 11.3 Å². The third-order valence-corrected chi connectivity index (χ3v) is 4.50. The summed E-state index contributed by atoms with van der Waals surface area (Å²) in [6.45, 7) is 3.53. The highest BCUT2D eigenvalue weighted by atomic mass is 16.4. The van der Waals surface area contributed by atoms with Crippen molar-refractivity contribution in [3.05, 3.63) is 71.4 Å². The molecular weight excluding hydrogens is 374 g/mol. The number of hydrogen-bond donors (Lipinski definition) is 3. The maximum absolute atomic E-state index is 13.1. The van der Waals surface area contributed by atoms with Gasteiger partial charge in [0, 0.05) is 11.4 Å². The predicted octanol–water partition coefficient (Wildman–Crippen LogP) is 2.91. The molecule has 1 heterocycles. The van der Waals surface area contributed by atoms with Crippen LogP contribution in [0.15, 0.2) is 60.3 Å². The van der Waals surface area contributed by atoms with Crippen molar-refractivity contribution >= 4 is 35.2 Å². The lowest BCUT2D eigenvalue weighted by Crippen LogP contribution is -2.59. The quantitative estimate of drug-likeness (QED) is 0.673. The number of allylic oxidation sites excluding steroid dienone is 1. The molecule has 2 aromatic carbocycles. The normalized spacial score (nSPS) is 17.2. The zero-order chi connectivity index (χ0) is 21.1. The van der Waals surface area contributed by atoms with E-state index in [1.165, 1.54) is 24.3 Å². The molecule has 3 N–H and O–H groups in total. The number of carboxylic acid groups (broad SMARTS) is 1. The lowest BCUT2D eigenvalue weighted by atomic mass is 9.99. The van der Waals surface area contributed by atoms with Gasteiger partial charge in [-0.05, 0) is 50.2 Å². The first-order valence-corrected chi connectivity index (χ1v) is 8.84. The maximum atomic E-state index is 13.1. The number of aryl methyl sites for hydroxylation is 1. The summed E-state index contributed by atoms with van der Waals surface area (Å²) < 4.78 is 0. The molecule has 8 heteroatoms. The van der Waals surface area contributed by atoms with Crippen molar-refractivity contribution in [2.75, 3.05) is 10.2 Å². The first-order valence-electron chi connectivity index (χ1n) is 8.84. The zero-order valence-electron chi connectivity index (χ0n) is 15.8. The average Bonchev–Trinajstić information content (AvgIpc) is 2.68. The van der Waals surface area contributed by atoms with E-state index in [1.807, 2.05) is 6.92 Å². The number of anilines is 2. The Morgan fingerprint density at radius 2 is 1.69 bits per heavy atom. The molecule has 0 aromatic heterocycles. The number of hydrogen-bond acceptors (Lipinski definition) is 5. The molecule has 1 aliphatic heterocycles. The molecule has 0 unspecified atom stereocenters. The predicted molar refractivity (Wildman–Crippen MR) is 106 cm³/mol. The maximum Gasteiger partial charge on any atom is 0.335 e. The number of carbonyl (C=O) groups is 4. The fourth-order valence-electron chi connectivity index (χ4n) is 2.96. The molecular formula is C21H19N3O5. The zero-order valence-corrected chi connectivity index (χ0v) is 15.8. The lowest BCUT2D eigenvalue weighted by molar-refractivity contribution is -0.132. The summed E-state index contributed by atoms with van der Waals surface area (Å²) in [6, 6.07) is 11.9. The summed E-state index contributed by atoms with van der Waals surface area (Å²) in [7, 11) is 0. The molecule has 1 saturated heterocycles. The Kier molecular flexibility index (Phi) is 5.45. The first-order chi connectivity index (χ1) is 13.8. The number of nitrogens with one attached hydrogen (secondary N) is 2. The van der Waals surface area contributed by atoms with Crippen molar-refractivity contribution in [1.29, 1.82) is 0 Å². The smallest absolute Gasteiger partial charge is 0.335 e. The summed E-state index contributed by atoms with van der Waals surface area (Å²) in [5.74, 6) is -3.72. The monoisotopic (exact) mass is 393 g/mol. The van der Waals surface area contributed by atoms with Gasteiger partial charge >= 0.3 is 12.0 Å². The van der Waals surface area contributed by atoms with E-state index in [-0.39, 0.29) is 11.3 Å². The molecule has 0 radical (unpaired) electrons. The van der Waals surface area contributed by atoms with Crippen LogP contribution in [0.1, 0.15) is 22.8 Å². The second-order valence-corrected chi connectivity index (χ2v) is 6.49. The van der Waals surface area contributed by atoms with Gasteiger partial charge in [0.15, 0.2) is 5.92 Å². The van der Waals surface area contributed by atoms with Crippen molar-refractivity contribution in [2.45, 2.75) is 13.8 Å². The van der Waals surface area contributed by atoms with Crippen molar-refractivity contribution in [3.8, 4) is 0 Å². The summed E-state index contributed by atoms with van der Waals surface area (Å²) in [6.07, 6.45) is 1.57. The molecule has 0 spiro atoms.